The van der Waals surface area contributed by atoms with Crippen LogP contribution in [0.25, 0.3) is 0 Å². The molecule has 0 radical (unpaired) electrons. The Hall–Kier alpha value is -2.49. The molecule has 0 aromatic heterocycles. The zero-order chi connectivity index (χ0) is 16.2. The molecule has 120 valence electrons. The minimum absolute atomic E-state index is 0.0873. The van der Waals surface area contributed by atoms with Crippen molar-refractivity contribution in [2.75, 3.05) is 24.7 Å². The minimum Gasteiger partial charge on any atom is -0.494 e. The number of carbonyl (C=O) groups excluding carboxylic acids is 1. The Labute approximate surface area is 136 Å². The standard InChI is InChI=1S/C19H21NO3/c1-3-22-16-7-5-15(6-8-16)13-19(21)20-10-11-23-18-9-4-14(2)12-17(18)20/h4-9,12H,3,10-11,13H2,1-2H3. The Morgan fingerprint density at radius 2 is 2.00 bits per heavy atom. The summed E-state index contributed by atoms with van der Waals surface area (Å²) in [5.74, 6) is 1.70. The van der Waals surface area contributed by atoms with Gasteiger partial charge >= 0.3 is 0 Å². The summed E-state index contributed by atoms with van der Waals surface area (Å²) < 4.78 is 11.1. The number of benzene rings is 2. The molecule has 0 N–H and O–H groups in total. The molecule has 0 atom stereocenters. The second-order valence-corrected chi connectivity index (χ2v) is 5.62. The summed E-state index contributed by atoms with van der Waals surface area (Å²) in [6, 6.07) is 13.6. The first-order valence-corrected chi connectivity index (χ1v) is 7.93. The van der Waals surface area contributed by atoms with Gasteiger partial charge in [-0.25, -0.2) is 0 Å². The van der Waals surface area contributed by atoms with E-state index in [-0.39, 0.29) is 5.91 Å². The molecule has 4 heteroatoms. The Morgan fingerprint density at radius 1 is 1.22 bits per heavy atom. The quantitative estimate of drug-likeness (QED) is 0.869. The Morgan fingerprint density at radius 3 is 2.74 bits per heavy atom. The highest BCUT2D eigenvalue weighted by molar-refractivity contribution is 5.96. The zero-order valence-electron chi connectivity index (χ0n) is 13.5. The number of anilines is 1. The predicted molar refractivity (Wildman–Crippen MR) is 90.3 cm³/mol. The van der Waals surface area contributed by atoms with Crippen LogP contribution in [0.1, 0.15) is 18.1 Å². The topological polar surface area (TPSA) is 38.8 Å². The largest absolute Gasteiger partial charge is 0.494 e. The second-order valence-electron chi connectivity index (χ2n) is 5.62. The summed E-state index contributed by atoms with van der Waals surface area (Å²) in [5, 5.41) is 0. The Bertz CT molecular complexity index is 694. The molecular weight excluding hydrogens is 290 g/mol. The fourth-order valence-electron chi connectivity index (χ4n) is 2.73. The van der Waals surface area contributed by atoms with Crippen molar-refractivity contribution in [1.29, 1.82) is 0 Å². The highest BCUT2D eigenvalue weighted by Crippen LogP contribution is 2.32. The van der Waals surface area contributed by atoms with E-state index in [1.165, 1.54) is 0 Å². The molecule has 0 aliphatic carbocycles. The van der Waals surface area contributed by atoms with Gasteiger partial charge in [-0.15, -0.1) is 0 Å². The number of rotatable bonds is 4. The molecule has 23 heavy (non-hydrogen) atoms. The molecule has 0 unspecified atom stereocenters. The lowest BCUT2D eigenvalue weighted by molar-refractivity contribution is -0.118. The average molecular weight is 311 g/mol. The van der Waals surface area contributed by atoms with E-state index >= 15 is 0 Å². The molecule has 0 saturated carbocycles. The first-order chi connectivity index (χ1) is 11.2. The van der Waals surface area contributed by atoms with Crippen LogP contribution in [0.15, 0.2) is 42.5 Å². The molecule has 3 rings (SSSR count). The van der Waals surface area contributed by atoms with Gasteiger partial charge in [0, 0.05) is 0 Å². The highest BCUT2D eigenvalue weighted by atomic mass is 16.5. The molecule has 1 amide bonds. The number of hydrogen-bond acceptors (Lipinski definition) is 3. The molecule has 1 heterocycles. The van der Waals surface area contributed by atoms with E-state index in [0.29, 0.717) is 26.2 Å². The maximum atomic E-state index is 12.7. The number of nitrogens with zero attached hydrogens (tertiary/aromatic N) is 1. The van der Waals surface area contributed by atoms with Gasteiger partial charge in [-0.2, -0.15) is 0 Å². The van der Waals surface area contributed by atoms with Gasteiger partial charge < -0.3 is 14.4 Å². The third-order valence-corrected chi connectivity index (χ3v) is 3.87. The number of amides is 1. The highest BCUT2D eigenvalue weighted by Gasteiger charge is 2.23. The van der Waals surface area contributed by atoms with Gasteiger partial charge in [0.15, 0.2) is 0 Å². The maximum Gasteiger partial charge on any atom is 0.231 e. The first kappa shape index (κ1) is 15.4. The summed E-state index contributed by atoms with van der Waals surface area (Å²) in [7, 11) is 0. The molecule has 0 fully saturated rings. The lowest BCUT2D eigenvalue weighted by Gasteiger charge is -2.30. The van der Waals surface area contributed by atoms with Crippen molar-refractivity contribution in [3.63, 3.8) is 0 Å². The summed E-state index contributed by atoms with van der Waals surface area (Å²) in [5.41, 5.74) is 2.97. The van der Waals surface area contributed by atoms with Gasteiger partial charge in [0.05, 0.1) is 25.3 Å². The van der Waals surface area contributed by atoms with Crippen LogP contribution < -0.4 is 14.4 Å². The fraction of sp³-hybridized carbons (Fsp3) is 0.316. The van der Waals surface area contributed by atoms with E-state index in [4.69, 9.17) is 9.47 Å². The number of ether oxygens (including phenoxy) is 2. The van der Waals surface area contributed by atoms with Crippen LogP contribution in [0.5, 0.6) is 11.5 Å². The molecule has 2 aromatic rings. The number of carbonyl (C=O) groups is 1. The van der Waals surface area contributed by atoms with Crippen molar-refractivity contribution in [2.24, 2.45) is 0 Å². The summed E-state index contributed by atoms with van der Waals surface area (Å²) in [6.07, 6.45) is 0.375. The van der Waals surface area contributed by atoms with Crippen molar-refractivity contribution in [2.45, 2.75) is 20.3 Å². The SMILES string of the molecule is CCOc1ccc(CC(=O)N2CCOc3ccc(C)cc32)cc1. The number of aryl methyl sites for hydroxylation is 1. The van der Waals surface area contributed by atoms with Gasteiger partial charge in [-0.05, 0) is 49.2 Å². The second kappa shape index (κ2) is 6.73. The van der Waals surface area contributed by atoms with Gasteiger partial charge in [0.25, 0.3) is 0 Å². The van der Waals surface area contributed by atoms with Crippen LogP contribution >= 0.6 is 0 Å². The van der Waals surface area contributed by atoms with E-state index in [9.17, 15) is 4.79 Å². The van der Waals surface area contributed by atoms with E-state index in [0.717, 1.165) is 28.3 Å². The summed E-state index contributed by atoms with van der Waals surface area (Å²) >= 11 is 0. The molecule has 0 saturated heterocycles. The van der Waals surface area contributed by atoms with Crippen molar-refractivity contribution < 1.29 is 14.3 Å². The number of hydrogen-bond donors (Lipinski definition) is 0. The Balaban J connectivity index is 1.75. The van der Waals surface area contributed by atoms with Crippen LogP contribution in [-0.2, 0) is 11.2 Å². The molecule has 2 aromatic carbocycles. The van der Waals surface area contributed by atoms with Crippen molar-refractivity contribution in [3.05, 3.63) is 53.6 Å². The number of fused-ring (bicyclic) bond motifs is 1. The third-order valence-electron chi connectivity index (χ3n) is 3.87. The van der Waals surface area contributed by atoms with Crippen LogP contribution in [-0.4, -0.2) is 25.7 Å². The molecule has 1 aliphatic rings. The molecule has 0 bridgehead atoms. The zero-order valence-corrected chi connectivity index (χ0v) is 13.5. The van der Waals surface area contributed by atoms with Gasteiger partial charge in [0.2, 0.25) is 5.91 Å². The van der Waals surface area contributed by atoms with Crippen LogP contribution in [0.4, 0.5) is 5.69 Å². The van der Waals surface area contributed by atoms with Crippen LogP contribution in [0.2, 0.25) is 0 Å². The van der Waals surface area contributed by atoms with Crippen LogP contribution in [0, 0.1) is 6.92 Å². The van der Waals surface area contributed by atoms with Crippen molar-refractivity contribution >= 4 is 11.6 Å². The van der Waals surface area contributed by atoms with Gasteiger partial charge in [-0.3, -0.25) is 4.79 Å². The minimum atomic E-state index is 0.0873. The Kier molecular flexibility index (Phi) is 4.51. The van der Waals surface area contributed by atoms with E-state index in [1.807, 2.05) is 61.2 Å². The van der Waals surface area contributed by atoms with E-state index in [2.05, 4.69) is 0 Å². The monoisotopic (exact) mass is 311 g/mol. The predicted octanol–water partition coefficient (Wildman–Crippen LogP) is 3.36. The summed E-state index contributed by atoms with van der Waals surface area (Å²) in [6.45, 7) is 5.73. The normalized spacial score (nSPS) is 13.2. The van der Waals surface area contributed by atoms with Crippen molar-refractivity contribution in [1.82, 2.24) is 0 Å². The fourth-order valence-corrected chi connectivity index (χ4v) is 2.73. The lowest BCUT2D eigenvalue weighted by Crippen LogP contribution is -2.38. The first-order valence-electron chi connectivity index (χ1n) is 7.93. The van der Waals surface area contributed by atoms with E-state index in [1.54, 1.807) is 0 Å². The summed E-state index contributed by atoms with van der Waals surface area (Å²) in [4.78, 5) is 14.5. The lowest BCUT2D eigenvalue weighted by atomic mass is 10.1. The maximum absolute atomic E-state index is 12.7. The van der Waals surface area contributed by atoms with Crippen molar-refractivity contribution in [3.8, 4) is 11.5 Å². The average Bonchev–Trinajstić information content (AvgIpc) is 2.56. The van der Waals surface area contributed by atoms with Gasteiger partial charge in [0.1, 0.15) is 18.1 Å². The smallest absolute Gasteiger partial charge is 0.231 e. The molecule has 4 nitrogen and oxygen atoms in total. The van der Waals surface area contributed by atoms with Crippen LogP contribution in [0.3, 0.4) is 0 Å². The molecule has 1 aliphatic heterocycles. The molecular formula is C19H21NO3. The molecule has 0 spiro atoms. The van der Waals surface area contributed by atoms with E-state index < -0.39 is 0 Å². The third kappa shape index (κ3) is 3.47. The van der Waals surface area contributed by atoms with Gasteiger partial charge in [-0.1, -0.05) is 18.2 Å².